The molecule has 214 valence electrons. The lowest BCUT2D eigenvalue weighted by molar-refractivity contribution is 0.116. The van der Waals surface area contributed by atoms with E-state index in [0.29, 0.717) is 0 Å². The smallest absolute Gasteiger partial charge is 0.0299 e. The number of likely N-dealkylation sites (tertiary alicyclic amines) is 1. The second kappa shape index (κ2) is 20.0. The molecule has 38 heavy (non-hydrogen) atoms. The van der Waals surface area contributed by atoms with Gasteiger partial charge in [0.2, 0.25) is 0 Å². The maximum Gasteiger partial charge on any atom is 0.0299 e. The Morgan fingerprint density at radius 1 is 1.00 bits per heavy atom. The van der Waals surface area contributed by atoms with Gasteiger partial charge in [0.15, 0.2) is 0 Å². The van der Waals surface area contributed by atoms with Crippen LogP contribution in [0.2, 0.25) is 0 Å². The SMILES string of the molecule is C#C.CC1=C(N)C=CCC1.CCCc1cc(CCN2CCC(C)CC2CC)ccc1C1CCCCC1.CN. The number of allylic oxidation sites excluding steroid dienone is 3. The van der Waals surface area contributed by atoms with Gasteiger partial charge in [0, 0.05) is 18.3 Å². The molecule has 3 aliphatic rings. The van der Waals surface area contributed by atoms with Gasteiger partial charge in [-0.3, -0.25) is 0 Å². The molecule has 1 aromatic carbocycles. The highest BCUT2D eigenvalue weighted by Gasteiger charge is 2.24. The van der Waals surface area contributed by atoms with E-state index in [-0.39, 0.29) is 0 Å². The van der Waals surface area contributed by atoms with Crippen LogP contribution in [-0.4, -0.2) is 31.1 Å². The number of aryl methyl sites for hydroxylation is 1. The summed E-state index contributed by atoms with van der Waals surface area (Å²) in [5.74, 6) is 1.76. The predicted octanol–water partition coefficient (Wildman–Crippen LogP) is 8.13. The van der Waals surface area contributed by atoms with Gasteiger partial charge < -0.3 is 16.4 Å². The third-order valence-electron chi connectivity index (χ3n) is 8.51. The average molecular weight is 522 g/mol. The molecule has 2 atom stereocenters. The lowest BCUT2D eigenvalue weighted by atomic mass is 9.81. The quantitative estimate of drug-likeness (QED) is 0.356. The standard InChI is InChI=1S/C25H41N.C7H11N.C2H2.CH5N/c1-4-9-23-19-21(12-13-25(23)22-10-7-6-8-11-22)15-17-26-16-14-20(3)18-24(26)5-2;1-6-4-2-3-5-7(6)8;2*1-2/h12-13,19-20,22,24H,4-11,14-18H2,1-3H3;3,5H,2,4,8H2,1H3;1-2H;2H2,1H3. The van der Waals surface area contributed by atoms with E-state index < -0.39 is 0 Å². The molecule has 3 heteroatoms. The Morgan fingerprint density at radius 3 is 2.29 bits per heavy atom. The third-order valence-corrected chi connectivity index (χ3v) is 8.51. The summed E-state index contributed by atoms with van der Waals surface area (Å²) in [5, 5.41) is 0. The second-order valence-corrected chi connectivity index (χ2v) is 11.3. The largest absolute Gasteiger partial charge is 0.399 e. The highest BCUT2D eigenvalue weighted by molar-refractivity contribution is 5.35. The van der Waals surface area contributed by atoms with E-state index >= 15 is 0 Å². The topological polar surface area (TPSA) is 55.3 Å². The summed E-state index contributed by atoms with van der Waals surface area (Å²) >= 11 is 0. The Balaban J connectivity index is 0.000000505. The predicted molar refractivity (Wildman–Crippen MR) is 169 cm³/mol. The molecule has 1 saturated heterocycles. The molecule has 2 fully saturated rings. The van der Waals surface area contributed by atoms with Gasteiger partial charge in [0.25, 0.3) is 0 Å². The normalized spacial score (nSPS) is 21.8. The second-order valence-electron chi connectivity index (χ2n) is 11.3. The van der Waals surface area contributed by atoms with E-state index in [0.717, 1.165) is 36.4 Å². The van der Waals surface area contributed by atoms with E-state index in [1.54, 1.807) is 16.7 Å². The van der Waals surface area contributed by atoms with Crippen molar-refractivity contribution in [2.75, 3.05) is 20.1 Å². The first-order valence-electron chi connectivity index (χ1n) is 15.4. The van der Waals surface area contributed by atoms with Crippen molar-refractivity contribution in [3.05, 3.63) is 58.3 Å². The van der Waals surface area contributed by atoms with Gasteiger partial charge in [-0.1, -0.05) is 76.3 Å². The Hall–Kier alpha value is -2.02. The molecular formula is C35H59N3. The Bertz CT molecular complexity index is 844. The Morgan fingerprint density at radius 2 is 1.71 bits per heavy atom. The summed E-state index contributed by atoms with van der Waals surface area (Å²) in [6.07, 6.45) is 29.4. The summed E-state index contributed by atoms with van der Waals surface area (Å²) in [6, 6.07) is 8.35. The van der Waals surface area contributed by atoms with Crippen molar-refractivity contribution in [2.24, 2.45) is 17.4 Å². The molecule has 1 saturated carbocycles. The third kappa shape index (κ3) is 11.4. The minimum absolute atomic E-state index is 0.815. The van der Waals surface area contributed by atoms with Crippen LogP contribution < -0.4 is 11.5 Å². The van der Waals surface area contributed by atoms with Crippen LogP contribution in [0.1, 0.15) is 121 Å². The van der Waals surface area contributed by atoms with Crippen LogP contribution in [-0.2, 0) is 12.8 Å². The average Bonchev–Trinajstić information content (AvgIpc) is 2.97. The number of nitrogens with two attached hydrogens (primary N) is 2. The molecule has 0 radical (unpaired) electrons. The maximum atomic E-state index is 5.57. The van der Waals surface area contributed by atoms with Crippen molar-refractivity contribution >= 4 is 0 Å². The number of benzene rings is 1. The van der Waals surface area contributed by atoms with Gasteiger partial charge in [0.1, 0.15) is 0 Å². The van der Waals surface area contributed by atoms with Crippen LogP contribution in [0.15, 0.2) is 41.6 Å². The van der Waals surface area contributed by atoms with E-state index in [2.05, 4.69) is 75.5 Å². The van der Waals surface area contributed by atoms with Crippen LogP contribution >= 0.6 is 0 Å². The van der Waals surface area contributed by atoms with Gasteiger partial charge in [-0.25, -0.2) is 0 Å². The minimum atomic E-state index is 0.815. The first-order valence-corrected chi connectivity index (χ1v) is 15.4. The summed E-state index contributed by atoms with van der Waals surface area (Å²) in [6.45, 7) is 11.8. The van der Waals surface area contributed by atoms with Crippen molar-refractivity contribution in [3.8, 4) is 12.8 Å². The molecule has 2 aliphatic carbocycles. The lowest BCUT2D eigenvalue weighted by Crippen LogP contribution is -2.42. The first kappa shape index (κ1) is 34.0. The van der Waals surface area contributed by atoms with Crippen LogP contribution in [0.4, 0.5) is 0 Å². The molecule has 0 aromatic heterocycles. The van der Waals surface area contributed by atoms with Gasteiger partial charge in [-0.2, -0.15) is 0 Å². The number of nitrogens with zero attached hydrogens (tertiary/aromatic N) is 1. The van der Waals surface area contributed by atoms with Gasteiger partial charge >= 0.3 is 0 Å². The van der Waals surface area contributed by atoms with Crippen LogP contribution in [0.3, 0.4) is 0 Å². The summed E-state index contributed by atoms with van der Waals surface area (Å²) < 4.78 is 0. The molecule has 4 rings (SSSR count). The van der Waals surface area contributed by atoms with Crippen LogP contribution in [0.25, 0.3) is 0 Å². The Labute approximate surface area is 236 Å². The summed E-state index contributed by atoms with van der Waals surface area (Å²) in [5.41, 5.74) is 17.3. The summed E-state index contributed by atoms with van der Waals surface area (Å²) in [7, 11) is 1.50. The van der Waals surface area contributed by atoms with Crippen molar-refractivity contribution < 1.29 is 0 Å². The molecule has 1 aliphatic heterocycles. The molecule has 0 bridgehead atoms. The lowest BCUT2D eigenvalue weighted by Gasteiger charge is -2.38. The number of terminal acetylenes is 1. The number of rotatable bonds is 7. The Kier molecular flexibility index (Phi) is 17.9. The maximum absolute atomic E-state index is 5.57. The highest BCUT2D eigenvalue weighted by Crippen LogP contribution is 2.35. The fourth-order valence-electron chi connectivity index (χ4n) is 6.20. The minimum Gasteiger partial charge on any atom is -0.399 e. The molecule has 4 N–H and O–H groups in total. The number of hydrogen-bond donors (Lipinski definition) is 2. The van der Waals surface area contributed by atoms with Gasteiger partial charge in [0.05, 0.1) is 0 Å². The van der Waals surface area contributed by atoms with Crippen LogP contribution in [0, 0.1) is 18.8 Å². The van der Waals surface area contributed by atoms with E-state index in [1.165, 1.54) is 96.3 Å². The highest BCUT2D eigenvalue weighted by atomic mass is 15.2. The molecule has 0 spiro atoms. The van der Waals surface area contributed by atoms with E-state index in [9.17, 15) is 0 Å². The van der Waals surface area contributed by atoms with Crippen molar-refractivity contribution in [2.45, 2.75) is 123 Å². The van der Waals surface area contributed by atoms with Gasteiger partial charge in [-0.05, 0) is 113 Å². The zero-order valence-electron chi connectivity index (χ0n) is 25.5. The first-order chi connectivity index (χ1) is 18.5. The fraction of sp³-hybridized carbons (Fsp3) is 0.657. The summed E-state index contributed by atoms with van der Waals surface area (Å²) in [4.78, 5) is 2.77. The number of hydrogen-bond acceptors (Lipinski definition) is 3. The van der Waals surface area contributed by atoms with E-state index in [4.69, 9.17) is 5.73 Å². The number of piperidine rings is 1. The van der Waals surface area contributed by atoms with Crippen molar-refractivity contribution in [3.63, 3.8) is 0 Å². The zero-order valence-corrected chi connectivity index (χ0v) is 25.5. The molecular weight excluding hydrogens is 462 g/mol. The fourth-order valence-corrected chi connectivity index (χ4v) is 6.20. The van der Waals surface area contributed by atoms with Crippen molar-refractivity contribution in [1.29, 1.82) is 0 Å². The molecule has 1 heterocycles. The van der Waals surface area contributed by atoms with Gasteiger partial charge in [-0.15, -0.1) is 12.8 Å². The molecule has 1 aromatic rings. The molecule has 2 unspecified atom stereocenters. The molecule has 0 amide bonds. The zero-order chi connectivity index (χ0) is 28.3. The van der Waals surface area contributed by atoms with Crippen LogP contribution in [0.5, 0.6) is 0 Å². The monoisotopic (exact) mass is 521 g/mol. The molecule has 3 nitrogen and oxygen atoms in total. The van der Waals surface area contributed by atoms with E-state index in [1.807, 2.05) is 6.08 Å². The van der Waals surface area contributed by atoms with Crippen molar-refractivity contribution in [1.82, 2.24) is 4.90 Å².